The van der Waals surface area contributed by atoms with E-state index in [0.29, 0.717) is 36.2 Å². The minimum absolute atomic E-state index is 0.167. The van der Waals surface area contributed by atoms with Gasteiger partial charge in [0.15, 0.2) is 0 Å². The quantitative estimate of drug-likeness (QED) is 0.204. The van der Waals surface area contributed by atoms with Gasteiger partial charge in [-0.05, 0) is 73.7 Å². The lowest BCUT2D eigenvalue weighted by Gasteiger charge is -2.29. The van der Waals surface area contributed by atoms with Crippen molar-refractivity contribution in [3.63, 3.8) is 0 Å². The second-order valence-corrected chi connectivity index (χ2v) is 11.2. The molecule has 2 aliphatic heterocycles. The Kier molecular flexibility index (Phi) is 8.55. The molecule has 218 valence electrons. The molecule has 42 heavy (non-hydrogen) atoms. The van der Waals surface area contributed by atoms with Crippen molar-refractivity contribution < 1.29 is 19.0 Å². The molecule has 0 bridgehead atoms. The van der Waals surface area contributed by atoms with Crippen LogP contribution in [0.1, 0.15) is 52.8 Å². The van der Waals surface area contributed by atoms with Gasteiger partial charge in [0.25, 0.3) is 0 Å². The molecule has 1 fully saturated rings. The lowest BCUT2D eigenvalue weighted by Crippen LogP contribution is -2.34. The summed E-state index contributed by atoms with van der Waals surface area (Å²) in [5.74, 6) is 1.29. The summed E-state index contributed by atoms with van der Waals surface area (Å²) in [4.78, 5) is 24.8. The van der Waals surface area contributed by atoms with Crippen molar-refractivity contribution in [1.29, 1.82) is 0 Å². The molecule has 0 aliphatic carbocycles. The highest BCUT2D eigenvalue weighted by Crippen LogP contribution is 2.29. The van der Waals surface area contributed by atoms with E-state index in [4.69, 9.17) is 35.8 Å². The molecule has 0 spiro atoms. The first-order chi connectivity index (χ1) is 20.5. The number of benzene rings is 2. The lowest BCUT2D eigenvalue weighted by molar-refractivity contribution is -0.0592. The van der Waals surface area contributed by atoms with Crippen molar-refractivity contribution in [3.05, 3.63) is 93.9 Å². The van der Waals surface area contributed by atoms with Crippen LogP contribution >= 0.6 is 11.6 Å². The van der Waals surface area contributed by atoms with Gasteiger partial charge in [0.1, 0.15) is 12.4 Å². The first kappa shape index (κ1) is 28.4. The molecule has 1 saturated heterocycles. The van der Waals surface area contributed by atoms with Crippen LogP contribution in [0.3, 0.4) is 0 Å². The number of fused-ring (bicyclic) bond motifs is 1. The van der Waals surface area contributed by atoms with Gasteiger partial charge in [-0.2, -0.15) is 0 Å². The van der Waals surface area contributed by atoms with E-state index in [2.05, 4.69) is 15.5 Å². The summed E-state index contributed by atoms with van der Waals surface area (Å²) in [7, 11) is 0. The number of ether oxygens (including phenoxy) is 3. The average Bonchev–Trinajstić information content (AvgIpc) is 3.33. The number of hydrogen-bond donors (Lipinski definition) is 0. The molecule has 0 radical (unpaired) electrons. The van der Waals surface area contributed by atoms with Crippen LogP contribution in [0.5, 0.6) is 5.88 Å². The molecule has 9 heteroatoms. The van der Waals surface area contributed by atoms with Gasteiger partial charge in [0, 0.05) is 30.8 Å². The van der Waals surface area contributed by atoms with Gasteiger partial charge in [0.2, 0.25) is 5.88 Å². The molecule has 0 amide bonds. The van der Waals surface area contributed by atoms with Crippen LogP contribution in [0.25, 0.3) is 16.6 Å². The molecular formula is C33H35ClN4O4. The van der Waals surface area contributed by atoms with Crippen LogP contribution in [0.15, 0.2) is 60.7 Å². The molecule has 2 aliphatic rings. The SMILES string of the molecule is CCOC(=O)c1ccc2nc(CN3CC=C(c4cccc(OCc5ccc(Cl)cc5)n4)CC3)n(C[C@@H]3CCO3)c2c1C. The Labute approximate surface area is 250 Å². The first-order valence-electron chi connectivity index (χ1n) is 14.5. The van der Waals surface area contributed by atoms with Crippen LogP contribution in [-0.2, 0) is 29.2 Å². The molecule has 2 aromatic carbocycles. The van der Waals surface area contributed by atoms with E-state index in [-0.39, 0.29) is 12.1 Å². The Balaban J connectivity index is 1.17. The summed E-state index contributed by atoms with van der Waals surface area (Å²) < 4.78 is 19.3. The number of halogens is 1. The number of nitrogens with zero attached hydrogens (tertiary/aromatic N) is 4. The van der Waals surface area contributed by atoms with Gasteiger partial charge in [-0.1, -0.05) is 35.9 Å². The number of carbonyl (C=O) groups excluding carboxylic acids is 1. The molecule has 1 atom stereocenters. The van der Waals surface area contributed by atoms with Gasteiger partial charge >= 0.3 is 5.97 Å². The minimum Gasteiger partial charge on any atom is -0.473 e. The van der Waals surface area contributed by atoms with Crippen molar-refractivity contribution >= 4 is 34.2 Å². The van der Waals surface area contributed by atoms with Crippen molar-refractivity contribution in [2.45, 2.75) is 52.5 Å². The summed E-state index contributed by atoms with van der Waals surface area (Å²) in [6.45, 7) is 8.49. The average molecular weight is 587 g/mol. The van der Waals surface area contributed by atoms with Crippen LogP contribution in [-0.4, -0.2) is 57.8 Å². The van der Waals surface area contributed by atoms with Crippen LogP contribution in [0.4, 0.5) is 0 Å². The Morgan fingerprint density at radius 3 is 2.67 bits per heavy atom. The smallest absolute Gasteiger partial charge is 0.338 e. The normalized spacial score (nSPS) is 17.1. The topological polar surface area (TPSA) is 78.7 Å². The Bertz CT molecular complexity index is 1610. The fraction of sp³-hybridized carbons (Fsp3) is 0.364. The van der Waals surface area contributed by atoms with Crippen LogP contribution in [0, 0.1) is 6.92 Å². The van der Waals surface area contributed by atoms with E-state index in [9.17, 15) is 4.79 Å². The maximum absolute atomic E-state index is 12.6. The predicted molar refractivity (Wildman–Crippen MR) is 163 cm³/mol. The zero-order valence-electron chi connectivity index (χ0n) is 24.0. The Morgan fingerprint density at radius 1 is 1.12 bits per heavy atom. The van der Waals surface area contributed by atoms with Crippen LogP contribution in [0.2, 0.25) is 5.02 Å². The molecule has 4 aromatic rings. The van der Waals surface area contributed by atoms with Crippen molar-refractivity contribution in [1.82, 2.24) is 19.4 Å². The fourth-order valence-electron chi connectivity index (χ4n) is 5.52. The predicted octanol–water partition coefficient (Wildman–Crippen LogP) is 6.23. The monoisotopic (exact) mass is 586 g/mol. The summed E-state index contributed by atoms with van der Waals surface area (Å²) in [5, 5.41) is 0.708. The minimum atomic E-state index is -0.298. The molecule has 8 nitrogen and oxygen atoms in total. The Morgan fingerprint density at radius 2 is 1.95 bits per heavy atom. The number of pyridine rings is 1. The molecule has 0 saturated carbocycles. The standard InChI is InChI=1S/C33H35ClN4O4/c1-3-40-33(39)27-11-12-29-32(22(27)2)38(19-26-15-18-41-26)30(35-29)20-37-16-13-24(14-17-37)28-5-4-6-31(36-28)42-21-23-7-9-25(34)10-8-23/h4-13,26H,3,14-21H2,1-2H3/t26-/m0/s1. The summed E-state index contributed by atoms with van der Waals surface area (Å²) in [6, 6.07) is 17.3. The van der Waals surface area contributed by atoms with Crippen molar-refractivity contribution in [2.24, 2.45) is 0 Å². The highest BCUT2D eigenvalue weighted by molar-refractivity contribution is 6.30. The largest absolute Gasteiger partial charge is 0.473 e. The third kappa shape index (κ3) is 6.21. The highest BCUT2D eigenvalue weighted by Gasteiger charge is 2.25. The van der Waals surface area contributed by atoms with Gasteiger partial charge in [0.05, 0.1) is 48.1 Å². The molecule has 4 heterocycles. The van der Waals surface area contributed by atoms with Gasteiger partial charge in [-0.25, -0.2) is 14.8 Å². The van der Waals surface area contributed by atoms with E-state index in [1.54, 1.807) is 0 Å². The summed E-state index contributed by atoms with van der Waals surface area (Å²) in [6.07, 6.45) is 4.33. The number of aryl methyl sites for hydroxylation is 1. The summed E-state index contributed by atoms with van der Waals surface area (Å²) in [5.41, 5.74) is 6.57. The molecular weight excluding hydrogens is 552 g/mol. The van der Waals surface area contributed by atoms with E-state index in [0.717, 1.165) is 72.8 Å². The first-order valence-corrected chi connectivity index (χ1v) is 14.9. The number of carbonyl (C=O) groups is 1. The van der Waals surface area contributed by atoms with E-state index in [1.165, 1.54) is 5.57 Å². The van der Waals surface area contributed by atoms with Crippen molar-refractivity contribution in [3.8, 4) is 5.88 Å². The van der Waals surface area contributed by atoms with Crippen molar-refractivity contribution in [2.75, 3.05) is 26.3 Å². The number of imidazole rings is 1. The fourth-order valence-corrected chi connectivity index (χ4v) is 5.65. The van der Waals surface area contributed by atoms with Gasteiger partial charge in [-0.3, -0.25) is 4.90 Å². The second-order valence-electron chi connectivity index (χ2n) is 10.7. The van der Waals surface area contributed by atoms with E-state index < -0.39 is 0 Å². The number of rotatable bonds is 10. The zero-order chi connectivity index (χ0) is 29.1. The highest BCUT2D eigenvalue weighted by atomic mass is 35.5. The summed E-state index contributed by atoms with van der Waals surface area (Å²) >= 11 is 5.99. The maximum Gasteiger partial charge on any atom is 0.338 e. The van der Waals surface area contributed by atoms with E-state index >= 15 is 0 Å². The third-order valence-electron chi connectivity index (χ3n) is 7.93. The van der Waals surface area contributed by atoms with Crippen LogP contribution < -0.4 is 4.74 Å². The molecule has 6 rings (SSSR count). The lowest BCUT2D eigenvalue weighted by atomic mass is 10.0. The third-order valence-corrected chi connectivity index (χ3v) is 8.18. The zero-order valence-corrected chi connectivity index (χ0v) is 24.8. The second kappa shape index (κ2) is 12.7. The van der Waals surface area contributed by atoms with Gasteiger partial charge in [-0.15, -0.1) is 0 Å². The number of hydrogen-bond acceptors (Lipinski definition) is 7. The number of esters is 1. The van der Waals surface area contributed by atoms with E-state index in [1.807, 2.05) is 68.4 Å². The maximum atomic E-state index is 12.6. The number of aromatic nitrogens is 3. The van der Waals surface area contributed by atoms with Gasteiger partial charge < -0.3 is 18.8 Å². The molecule has 0 N–H and O–H groups in total. The molecule has 2 aromatic heterocycles. The Hall–Kier alpha value is -3.72. The molecule has 0 unspecified atom stereocenters.